The van der Waals surface area contributed by atoms with Crippen LogP contribution in [0.5, 0.6) is 0 Å². The molecule has 0 aliphatic rings. The van der Waals surface area contributed by atoms with Crippen molar-refractivity contribution in [3.05, 3.63) is 0 Å². The molecule has 0 aliphatic carbocycles. The number of nitriles is 1. The molecule has 6 heteroatoms. The average molecular weight is 198 g/mol. The first-order valence-electron chi connectivity index (χ1n) is 3.92. The predicted molar refractivity (Wildman–Crippen MR) is 46.3 cm³/mol. The SMILES string of the molecule is CC(=O)ON=C(CCCC#N)C(=O)O. The first-order valence-corrected chi connectivity index (χ1v) is 3.92. The number of carboxylic acids is 1. The number of oxime groups is 1. The van der Waals surface area contributed by atoms with Crippen LogP contribution < -0.4 is 0 Å². The minimum Gasteiger partial charge on any atom is -0.477 e. The van der Waals surface area contributed by atoms with Crippen LogP contribution in [0.1, 0.15) is 26.2 Å². The van der Waals surface area contributed by atoms with E-state index < -0.39 is 11.9 Å². The highest BCUT2D eigenvalue weighted by molar-refractivity contribution is 6.35. The van der Waals surface area contributed by atoms with Gasteiger partial charge in [-0.2, -0.15) is 5.26 Å². The summed E-state index contributed by atoms with van der Waals surface area (Å²) in [7, 11) is 0. The smallest absolute Gasteiger partial charge is 0.353 e. The van der Waals surface area contributed by atoms with Crippen molar-refractivity contribution in [3.8, 4) is 6.07 Å². The number of carboxylic acid groups (broad SMARTS) is 1. The van der Waals surface area contributed by atoms with E-state index in [0.717, 1.165) is 6.92 Å². The molecule has 0 aromatic heterocycles. The van der Waals surface area contributed by atoms with E-state index in [2.05, 4.69) is 9.99 Å². The van der Waals surface area contributed by atoms with Gasteiger partial charge < -0.3 is 9.94 Å². The molecule has 76 valence electrons. The van der Waals surface area contributed by atoms with Gasteiger partial charge in [-0.25, -0.2) is 9.59 Å². The fraction of sp³-hybridized carbons (Fsp3) is 0.500. The van der Waals surface area contributed by atoms with Crippen LogP contribution in [0.4, 0.5) is 0 Å². The van der Waals surface area contributed by atoms with E-state index in [4.69, 9.17) is 10.4 Å². The Bertz CT molecular complexity index is 290. The van der Waals surface area contributed by atoms with Gasteiger partial charge in [0.15, 0.2) is 5.71 Å². The molecule has 0 aromatic rings. The number of hydrogen-bond acceptors (Lipinski definition) is 5. The molecular formula is C8H10N2O4. The molecule has 6 nitrogen and oxygen atoms in total. The van der Waals surface area contributed by atoms with E-state index in [-0.39, 0.29) is 18.6 Å². The number of carbonyl (C=O) groups excluding carboxylic acids is 1. The Hall–Kier alpha value is -1.90. The summed E-state index contributed by atoms with van der Waals surface area (Å²) in [5.74, 6) is -1.92. The van der Waals surface area contributed by atoms with Crippen LogP contribution in [0.2, 0.25) is 0 Å². The van der Waals surface area contributed by atoms with E-state index in [1.54, 1.807) is 0 Å². The Morgan fingerprint density at radius 1 is 1.57 bits per heavy atom. The summed E-state index contributed by atoms with van der Waals surface area (Å²) >= 11 is 0. The summed E-state index contributed by atoms with van der Waals surface area (Å²) in [6.07, 6.45) is 0.728. The molecule has 14 heavy (non-hydrogen) atoms. The highest BCUT2D eigenvalue weighted by atomic mass is 16.7. The lowest BCUT2D eigenvalue weighted by Gasteiger charge is -1.97. The van der Waals surface area contributed by atoms with Gasteiger partial charge in [0, 0.05) is 19.8 Å². The number of unbranched alkanes of at least 4 members (excludes halogenated alkanes) is 1. The molecule has 0 radical (unpaired) electrons. The van der Waals surface area contributed by atoms with Gasteiger partial charge in [-0.1, -0.05) is 5.16 Å². The van der Waals surface area contributed by atoms with Crippen molar-refractivity contribution in [2.45, 2.75) is 26.2 Å². The maximum Gasteiger partial charge on any atom is 0.353 e. The van der Waals surface area contributed by atoms with Crippen molar-refractivity contribution in [1.82, 2.24) is 0 Å². The molecule has 0 amide bonds. The molecule has 0 unspecified atom stereocenters. The third-order valence-corrected chi connectivity index (χ3v) is 1.23. The summed E-state index contributed by atoms with van der Waals surface area (Å²) in [6.45, 7) is 1.12. The van der Waals surface area contributed by atoms with Gasteiger partial charge in [0.05, 0.1) is 6.07 Å². The fourth-order valence-electron chi connectivity index (χ4n) is 0.646. The van der Waals surface area contributed by atoms with Crippen molar-refractivity contribution in [3.63, 3.8) is 0 Å². The topological polar surface area (TPSA) is 99.8 Å². The molecule has 0 heterocycles. The van der Waals surface area contributed by atoms with Crippen LogP contribution in [0.15, 0.2) is 5.16 Å². The Balaban J connectivity index is 4.16. The highest BCUT2D eigenvalue weighted by Gasteiger charge is 2.10. The molecule has 0 rings (SSSR count). The molecule has 1 N–H and O–H groups in total. The summed E-state index contributed by atoms with van der Waals surface area (Å²) in [5, 5.41) is 19.9. The van der Waals surface area contributed by atoms with Crippen molar-refractivity contribution in [2.24, 2.45) is 5.16 Å². The van der Waals surface area contributed by atoms with Gasteiger partial charge in [0.25, 0.3) is 0 Å². The quantitative estimate of drug-likeness (QED) is 0.303. The van der Waals surface area contributed by atoms with Gasteiger partial charge in [-0.05, 0) is 6.42 Å². The van der Waals surface area contributed by atoms with Gasteiger partial charge in [0.2, 0.25) is 0 Å². The molecule has 0 aliphatic heterocycles. The Kier molecular flexibility index (Phi) is 5.70. The van der Waals surface area contributed by atoms with Crippen molar-refractivity contribution >= 4 is 17.7 Å². The summed E-state index contributed by atoms with van der Waals surface area (Å²) in [5.41, 5.74) is -0.254. The van der Waals surface area contributed by atoms with E-state index >= 15 is 0 Å². The first-order chi connectivity index (χ1) is 6.57. The molecular weight excluding hydrogens is 188 g/mol. The predicted octanol–water partition coefficient (Wildman–Crippen LogP) is 0.684. The maximum absolute atomic E-state index is 10.5. The minimum atomic E-state index is -1.25. The lowest BCUT2D eigenvalue weighted by atomic mass is 10.2. The summed E-state index contributed by atoms with van der Waals surface area (Å²) in [4.78, 5) is 25.0. The number of rotatable bonds is 5. The minimum absolute atomic E-state index is 0.107. The fourth-order valence-corrected chi connectivity index (χ4v) is 0.646. The molecule has 0 saturated heterocycles. The van der Waals surface area contributed by atoms with Crippen molar-refractivity contribution < 1.29 is 19.5 Å². The van der Waals surface area contributed by atoms with Crippen LogP contribution >= 0.6 is 0 Å². The second-order valence-corrected chi connectivity index (χ2v) is 2.44. The van der Waals surface area contributed by atoms with E-state index in [1.807, 2.05) is 6.07 Å². The second-order valence-electron chi connectivity index (χ2n) is 2.44. The highest BCUT2D eigenvalue weighted by Crippen LogP contribution is 1.98. The average Bonchev–Trinajstić information content (AvgIpc) is 2.10. The Morgan fingerprint density at radius 3 is 2.64 bits per heavy atom. The first kappa shape index (κ1) is 12.1. The largest absolute Gasteiger partial charge is 0.477 e. The molecule has 0 aromatic carbocycles. The molecule has 0 atom stereocenters. The standard InChI is InChI=1S/C8H10N2O4/c1-6(11)14-10-7(8(12)13)4-2-3-5-9/h2-4H2,1H3,(H,12,13). The summed E-state index contributed by atoms with van der Waals surface area (Å²) < 4.78 is 0. The van der Waals surface area contributed by atoms with Crippen LogP contribution in [-0.2, 0) is 14.4 Å². The zero-order valence-corrected chi connectivity index (χ0v) is 7.69. The molecule has 0 fully saturated rings. The van der Waals surface area contributed by atoms with Crippen molar-refractivity contribution in [1.29, 1.82) is 5.26 Å². The molecule has 0 saturated carbocycles. The maximum atomic E-state index is 10.5. The van der Waals surface area contributed by atoms with Crippen LogP contribution in [0.3, 0.4) is 0 Å². The zero-order chi connectivity index (χ0) is 11.0. The number of carbonyl (C=O) groups is 2. The Labute approximate surface area is 80.8 Å². The third-order valence-electron chi connectivity index (χ3n) is 1.23. The van der Waals surface area contributed by atoms with Gasteiger partial charge in [0.1, 0.15) is 0 Å². The van der Waals surface area contributed by atoms with Gasteiger partial charge in [-0.3, -0.25) is 0 Å². The lowest BCUT2D eigenvalue weighted by molar-refractivity contribution is -0.141. The lowest BCUT2D eigenvalue weighted by Crippen LogP contribution is -2.14. The van der Waals surface area contributed by atoms with Crippen LogP contribution in [-0.4, -0.2) is 22.8 Å². The monoisotopic (exact) mass is 198 g/mol. The van der Waals surface area contributed by atoms with Crippen LogP contribution in [0, 0.1) is 11.3 Å². The zero-order valence-electron chi connectivity index (χ0n) is 7.69. The van der Waals surface area contributed by atoms with Gasteiger partial charge in [-0.15, -0.1) is 0 Å². The van der Waals surface area contributed by atoms with Gasteiger partial charge >= 0.3 is 11.9 Å². The number of nitrogens with zero attached hydrogens (tertiary/aromatic N) is 2. The Morgan fingerprint density at radius 2 is 2.21 bits per heavy atom. The number of hydrogen-bond donors (Lipinski definition) is 1. The van der Waals surface area contributed by atoms with Crippen molar-refractivity contribution in [2.75, 3.05) is 0 Å². The van der Waals surface area contributed by atoms with E-state index in [0.29, 0.717) is 6.42 Å². The van der Waals surface area contributed by atoms with Crippen LogP contribution in [0.25, 0.3) is 0 Å². The third kappa shape index (κ3) is 5.71. The number of aliphatic carboxylic acids is 1. The molecule has 0 spiro atoms. The summed E-state index contributed by atoms with van der Waals surface area (Å²) in [6, 6.07) is 1.87. The molecule has 0 bridgehead atoms. The second kappa shape index (κ2) is 6.60. The van der Waals surface area contributed by atoms with E-state index in [1.165, 1.54) is 0 Å². The van der Waals surface area contributed by atoms with E-state index in [9.17, 15) is 9.59 Å². The normalized spacial score (nSPS) is 10.4.